The Labute approximate surface area is 193 Å². The van der Waals surface area contributed by atoms with Gasteiger partial charge in [-0.1, -0.05) is 78.4 Å². The van der Waals surface area contributed by atoms with E-state index in [1.807, 2.05) is 67.6 Å². The van der Waals surface area contributed by atoms with Crippen molar-refractivity contribution in [3.63, 3.8) is 0 Å². The van der Waals surface area contributed by atoms with Crippen molar-refractivity contribution in [2.24, 2.45) is 0 Å². The third-order valence-electron chi connectivity index (χ3n) is 4.79. The molecule has 3 aromatic rings. The molecule has 0 radical (unpaired) electrons. The lowest BCUT2D eigenvalue weighted by molar-refractivity contribution is -0.150. The molecule has 0 saturated carbocycles. The van der Waals surface area contributed by atoms with E-state index in [4.69, 9.17) is 8.92 Å². The topological polar surface area (TPSA) is 98.8 Å². The van der Waals surface area contributed by atoms with E-state index in [1.54, 1.807) is 12.1 Å². The highest BCUT2D eigenvalue weighted by atomic mass is 32.2. The third-order valence-corrected chi connectivity index (χ3v) is 6.04. The fourth-order valence-corrected chi connectivity index (χ4v) is 3.86. The molecule has 33 heavy (non-hydrogen) atoms. The monoisotopic (exact) mass is 467 g/mol. The molecule has 3 rings (SSSR count). The van der Waals surface area contributed by atoms with Gasteiger partial charge in [0.1, 0.15) is 17.5 Å². The second kappa shape index (κ2) is 11.4. The minimum atomic E-state index is -4.30. The summed E-state index contributed by atoms with van der Waals surface area (Å²) in [6, 6.07) is 23.2. The highest BCUT2D eigenvalue weighted by molar-refractivity contribution is 7.87. The van der Waals surface area contributed by atoms with Crippen LogP contribution in [-0.4, -0.2) is 26.4 Å². The number of aryl methyl sites for hydroxylation is 1. The minimum absolute atomic E-state index is 0.0277. The molecule has 0 aliphatic carbocycles. The summed E-state index contributed by atoms with van der Waals surface area (Å²) in [5, 5.41) is 2.97. The molecule has 172 valence electrons. The highest BCUT2D eigenvalue weighted by Gasteiger charge is 2.27. The Morgan fingerprint density at radius 1 is 0.848 bits per heavy atom. The predicted molar refractivity (Wildman–Crippen MR) is 122 cm³/mol. The lowest BCUT2D eigenvalue weighted by Crippen LogP contribution is -2.40. The summed E-state index contributed by atoms with van der Waals surface area (Å²) in [4.78, 5) is 25.0. The molecule has 0 amide bonds. The van der Waals surface area contributed by atoms with Crippen molar-refractivity contribution < 1.29 is 26.9 Å². The number of hydrogen-bond acceptors (Lipinski definition) is 7. The Morgan fingerprint density at radius 3 is 2.03 bits per heavy atom. The van der Waals surface area contributed by atoms with Gasteiger partial charge in [-0.15, -0.1) is 0 Å². The van der Waals surface area contributed by atoms with E-state index in [0.717, 1.165) is 16.7 Å². The fourth-order valence-electron chi connectivity index (χ4n) is 2.98. The van der Waals surface area contributed by atoms with E-state index in [1.165, 1.54) is 12.1 Å². The summed E-state index contributed by atoms with van der Waals surface area (Å²) < 4.78 is 34.9. The van der Waals surface area contributed by atoms with E-state index in [2.05, 4.69) is 5.32 Å². The first-order valence-corrected chi connectivity index (χ1v) is 11.8. The Kier molecular flexibility index (Phi) is 8.34. The molecule has 0 aliphatic rings. The zero-order valence-corrected chi connectivity index (χ0v) is 19.0. The van der Waals surface area contributed by atoms with Crippen molar-refractivity contribution in [1.29, 1.82) is 0 Å². The Bertz CT molecular complexity index is 1160. The van der Waals surface area contributed by atoms with Gasteiger partial charge in [0.25, 0.3) is 0 Å². The molecule has 1 N–H and O–H groups in total. The first-order valence-electron chi connectivity index (χ1n) is 10.4. The van der Waals surface area contributed by atoms with Crippen molar-refractivity contribution in [1.82, 2.24) is 5.32 Å². The van der Waals surface area contributed by atoms with Crippen LogP contribution in [0, 0.1) is 6.92 Å². The number of hydrogen-bond donors (Lipinski definition) is 1. The summed E-state index contributed by atoms with van der Waals surface area (Å²) in [5.74, 6) is -1.74. The van der Waals surface area contributed by atoms with Crippen LogP contribution in [-0.2, 0) is 41.8 Å². The van der Waals surface area contributed by atoms with Crippen molar-refractivity contribution in [3.05, 3.63) is 102 Å². The molecule has 1 atom stereocenters. The van der Waals surface area contributed by atoms with Crippen LogP contribution < -0.4 is 5.32 Å². The van der Waals surface area contributed by atoms with Gasteiger partial charge in [0.15, 0.2) is 0 Å². The van der Waals surface area contributed by atoms with Crippen LogP contribution >= 0.6 is 0 Å². The minimum Gasteiger partial charge on any atom is -0.460 e. The number of nitrogens with one attached hydrogen (secondary N) is 1. The summed E-state index contributed by atoms with van der Waals surface area (Å²) in [6.07, 6.45) is -0.508. The maximum absolute atomic E-state index is 12.7. The van der Waals surface area contributed by atoms with E-state index >= 15 is 0 Å². The normalized spacial score (nSPS) is 12.0. The standard InChI is InChI=1S/C25H25NO6S/c1-19-12-14-22(15-13-19)33(29,30)32-24(27)16-23(26-17-20-8-4-2-5-9-20)25(28)31-18-21-10-6-3-7-11-21/h2-15,23,26H,16-18H2,1H3/t23-/m0/s1. The van der Waals surface area contributed by atoms with Crippen LogP contribution in [0.1, 0.15) is 23.1 Å². The molecule has 0 aliphatic heterocycles. The zero-order chi connectivity index (χ0) is 23.7. The predicted octanol–water partition coefficient (Wildman–Crippen LogP) is 3.52. The molecule has 8 heteroatoms. The summed E-state index contributed by atoms with van der Waals surface area (Å²) in [5.41, 5.74) is 2.54. The number of carbonyl (C=O) groups excluding carboxylic acids is 2. The molecular formula is C25H25NO6S. The van der Waals surface area contributed by atoms with Crippen LogP contribution in [0.5, 0.6) is 0 Å². The molecule has 0 bridgehead atoms. The molecule has 0 unspecified atom stereocenters. The van der Waals surface area contributed by atoms with E-state index in [0.29, 0.717) is 0 Å². The molecule has 0 saturated heterocycles. The lowest BCUT2D eigenvalue weighted by Gasteiger charge is -2.17. The van der Waals surface area contributed by atoms with Crippen molar-refractivity contribution >= 4 is 22.1 Å². The molecular weight excluding hydrogens is 442 g/mol. The average molecular weight is 468 g/mol. The smallest absolute Gasteiger partial charge is 0.341 e. The van der Waals surface area contributed by atoms with Gasteiger partial charge in [-0.2, -0.15) is 8.42 Å². The number of esters is 1. The number of rotatable bonds is 10. The Hall–Kier alpha value is -3.49. The number of ether oxygens (including phenoxy) is 1. The second-order valence-electron chi connectivity index (χ2n) is 7.44. The van der Waals surface area contributed by atoms with Crippen LogP contribution in [0.25, 0.3) is 0 Å². The Morgan fingerprint density at radius 2 is 1.42 bits per heavy atom. The van der Waals surface area contributed by atoms with Gasteiger partial charge in [0.2, 0.25) is 0 Å². The van der Waals surface area contributed by atoms with Crippen molar-refractivity contribution in [2.75, 3.05) is 0 Å². The first kappa shape index (κ1) is 24.2. The summed E-state index contributed by atoms with van der Waals surface area (Å²) in [6.45, 7) is 2.12. The fraction of sp³-hybridized carbons (Fsp3) is 0.200. The van der Waals surface area contributed by atoms with E-state index < -0.39 is 34.5 Å². The van der Waals surface area contributed by atoms with Gasteiger partial charge in [-0.3, -0.25) is 14.9 Å². The van der Waals surface area contributed by atoms with Gasteiger partial charge in [-0.25, -0.2) is 0 Å². The molecule has 3 aromatic carbocycles. The van der Waals surface area contributed by atoms with Crippen LogP contribution in [0.4, 0.5) is 0 Å². The van der Waals surface area contributed by atoms with E-state index in [-0.39, 0.29) is 18.0 Å². The molecule has 0 heterocycles. The molecule has 7 nitrogen and oxygen atoms in total. The quantitative estimate of drug-likeness (QED) is 0.360. The van der Waals surface area contributed by atoms with E-state index in [9.17, 15) is 18.0 Å². The van der Waals surface area contributed by atoms with Gasteiger partial charge in [0, 0.05) is 6.54 Å². The van der Waals surface area contributed by atoms with Crippen LogP contribution in [0.2, 0.25) is 0 Å². The maximum Gasteiger partial charge on any atom is 0.341 e. The zero-order valence-electron chi connectivity index (χ0n) is 18.1. The second-order valence-corrected chi connectivity index (χ2v) is 8.99. The van der Waals surface area contributed by atoms with Gasteiger partial charge < -0.3 is 8.92 Å². The summed E-state index contributed by atoms with van der Waals surface area (Å²) >= 11 is 0. The van der Waals surface area contributed by atoms with Gasteiger partial charge in [0.05, 0.1) is 6.42 Å². The third kappa shape index (κ3) is 7.55. The average Bonchev–Trinajstić information content (AvgIpc) is 2.81. The number of benzene rings is 3. The lowest BCUT2D eigenvalue weighted by atomic mass is 10.1. The van der Waals surface area contributed by atoms with Crippen molar-refractivity contribution in [3.8, 4) is 0 Å². The molecule has 0 spiro atoms. The summed E-state index contributed by atoms with van der Waals surface area (Å²) in [7, 11) is -4.30. The number of carbonyl (C=O) groups is 2. The first-order chi connectivity index (χ1) is 15.8. The SMILES string of the molecule is Cc1ccc(S(=O)(=O)OC(=O)C[C@H](NCc2ccccc2)C(=O)OCc2ccccc2)cc1. The van der Waals surface area contributed by atoms with Crippen LogP contribution in [0.15, 0.2) is 89.8 Å². The van der Waals surface area contributed by atoms with Crippen molar-refractivity contribution in [2.45, 2.75) is 37.4 Å². The van der Waals surface area contributed by atoms with Crippen LogP contribution in [0.3, 0.4) is 0 Å². The highest BCUT2D eigenvalue weighted by Crippen LogP contribution is 2.15. The largest absolute Gasteiger partial charge is 0.460 e. The van der Waals surface area contributed by atoms with Gasteiger partial charge in [-0.05, 0) is 30.2 Å². The molecule has 0 aromatic heterocycles. The Balaban J connectivity index is 1.67. The maximum atomic E-state index is 12.7. The molecule has 0 fully saturated rings. The van der Waals surface area contributed by atoms with Gasteiger partial charge >= 0.3 is 22.1 Å².